The van der Waals surface area contributed by atoms with Crippen LogP contribution in [0.3, 0.4) is 0 Å². The summed E-state index contributed by atoms with van der Waals surface area (Å²) in [5, 5.41) is 17.7. The molecular weight excluding hydrogens is 312 g/mol. The fraction of sp³-hybridized carbons (Fsp3) is 0.500. The fourth-order valence-corrected chi connectivity index (χ4v) is 2.92. The zero-order valence-electron chi connectivity index (χ0n) is 13.2. The average molecular weight is 332 g/mol. The SMILES string of the molecule is OC(CNC1CCc2ncnn2C1)COc1ccc2c(c1)OCO2. The van der Waals surface area contributed by atoms with Crippen LogP contribution in [-0.2, 0) is 13.0 Å². The summed E-state index contributed by atoms with van der Waals surface area (Å²) in [5.74, 6) is 3.07. The summed E-state index contributed by atoms with van der Waals surface area (Å²) in [7, 11) is 0. The average Bonchev–Trinajstić information content (AvgIpc) is 3.25. The molecule has 24 heavy (non-hydrogen) atoms. The molecule has 3 heterocycles. The Morgan fingerprint density at radius 1 is 1.38 bits per heavy atom. The summed E-state index contributed by atoms with van der Waals surface area (Å²) in [5.41, 5.74) is 0. The monoisotopic (exact) mass is 332 g/mol. The summed E-state index contributed by atoms with van der Waals surface area (Å²) in [6.07, 6.45) is 2.90. The Kier molecular flexibility index (Phi) is 4.22. The van der Waals surface area contributed by atoms with Crippen LogP contribution in [0.1, 0.15) is 12.2 Å². The number of ether oxygens (including phenoxy) is 3. The predicted octanol–water partition coefficient (Wildman–Crippen LogP) is 0.351. The van der Waals surface area contributed by atoms with Crippen molar-refractivity contribution in [2.24, 2.45) is 0 Å². The first kappa shape index (κ1) is 15.2. The van der Waals surface area contributed by atoms with Crippen LogP contribution in [0.4, 0.5) is 0 Å². The van der Waals surface area contributed by atoms with Crippen molar-refractivity contribution in [3.05, 3.63) is 30.4 Å². The molecule has 1 aromatic heterocycles. The maximum absolute atomic E-state index is 10.1. The van der Waals surface area contributed by atoms with Gasteiger partial charge < -0.3 is 24.6 Å². The van der Waals surface area contributed by atoms with Crippen LogP contribution in [0, 0.1) is 0 Å². The number of fused-ring (bicyclic) bond motifs is 2. The van der Waals surface area contributed by atoms with Gasteiger partial charge in [0.2, 0.25) is 6.79 Å². The Balaban J connectivity index is 1.22. The van der Waals surface area contributed by atoms with Crippen LogP contribution >= 0.6 is 0 Å². The predicted molar refractivity (Wildman–Crippen MR) is 84.2 cm³/mol. The molecule has 1 aromatic carbocycles. The molecule has 0 spiro atoms. The van der Waals surface area contributed by atoms with Crippen molar-refractivity contribution >= 4 is 0 Å². The Bertz CT molecular complexity index is 705. The number of hydrogen-bond acceptors (Lipinski definition) is 7. The number of nitrogens with zero attached hydrogens (tertiary/aromatic N) is 3. The number of aromatic nitrogens is 3. The standard InChI is InChI=1S/C16H20N4O4/c21-12(6-17-11-1-4-16-18-9-19-20(16)7-11)8-22-13-2-3-14-15(5-13)24-10-23-14/h2-3,5,9,11-12,17,21H,1,4,6-8,10H2. The minimum Gasteiger partial charge on any atom is -0.491 e. The van der Waals surface area contributed by atoms with E-state index in [4.69, 9.17) is 14.2 Å². The van der Waals surface area contributed by atoms with Gasteiger partial charge in [0, 0.05) is 25.1 Å². The van der Waals surface area contributed by atoms with Crippen LogP contribution in [0.25, 0.3) is 0 Å². The molecule has 2 unspecified atom stereocenters. The van der Waals surface area contributed by atoms with Crippen molar-refractivity contribution in [3.8, 4) is 17.2 Å². The first-order chi connectivity index (χ1) is 11.8. The minimum atomic E-state index is -0.590. The van der Waals surface area contributed by atoms with Gasteiger partial charge in [-0.05, 0) is 18.6 Å². The summed E-state index contributed by atoms with van der Waals surface area (Å²) < 4.78 is 18.1. The van der Waals surface area contributed by atoms with Gasteiger partial charge in [-0.3, -0.25) is 0 Å². The van der Waals surface area contributed by atoms with Gasteiger partial charge in [0.1, 0.15) is 30.6 Å². The molecule has 0 saturated carbocycles. The number of hydrogen-bond donors (Lipinski definition) is 2. The molecule has 4 rings (SSSR count). The van der Waals surface area contributed by atoms with Gasteiger partial charge in [-0.15, -0.1) is 0 Å². The maximum Gasteiger partial charge on any atom is 0.231 e. The van der Waals surface area contributed by atoms with Crippen molar-refractivity contribution in [1.29, 1.82) is 0 Å². The molecule has 8 nitrogen and oxygen atoms in total. The van der Waals surface area contributed by atoms with Gasteiger partial charge in [-0.25, -0.2) is 9.67 Å². The summed E-state index contributed by atoms with van der Waals surface area (Å²) in [4.78, 5) is 4.21. The lowest BCUT2D eigenvalue weighted by atomic mass is 10.1. The van der Waals surface area contributed by atoms with Crippen molar-refractivity contribution in [2.45, 2.75) is 31.5 Å². The van der Waals surface area contributed by atoms with Gasteiger partial charge in [-0.1, -0.05) is 0 Å². The summed E-state index contributed by atoms with van der Waals surface area (Å²) >= 11 is 0. The number of aliphatic hydroxyl groups is 1. The Morgan fingerprint density at radius 3 is 3.25 bits per heavy atom. The molecule has 8 heteroatoms. The van der Waals surface area contributed by atoms with Crippen LogP contribution < -0.4 is 19.5 Å². The van der Waals surface area contributed by atoms with Gasteiger partial charge in [0.25, 0.3) is 0 Å². The first-order valence-electron chi connectivity index (χ1n) is 8.08. The third-order valence-electron chi connectivity index (χ3n) is 4.23. The highest BCUT2D eigenvalue weighted by Gasteiger charge is 2.20. The number of benzene rings is 1. The molecule has 2 aromatic rings. The number of nitrogens with one attached hydrogen (secondary N) is 1. The van der Waals surface area contributed by atoms with Crippen LogP contribution in [0.15, 0.2) is 24.5 Å². The van der Waals surface area contributed by atoms with Crippen molar-refractivity contribution in [1.82, 2.24) is 20.1 Å². The van der Waals surface area contributed by atoms with Gasteiger partial charge in [0.15, 0.2) is 11.5 Å². The van der Waals surface area contributed by atoms with E-state index >= 15 is 0 Å². The highest BCUT2D eigenvalue weighted by atomic mass is 16.7. The highest BCUT2D eigenvalue weighted by Crippen LogP contribution is 2.35. The Morgan fingerprint density at radius 2 is 2.29 bits per heavy atom. The second kappa shape index (κ2) is 6.66. The molecule has 2 atom stereocenters. The summed E-state index contributed by atoms with van der Waals surface area (Å²) in [6, 6.07) is 5.68. The maximum atomic E-state index is 10.1. The zero-order chi connectivity index (χ0) is 16.4. The van der Waals surface area contributed by atoms with Gasteiger partial charge in [-0.2, -0.15) is 5.10 Å². The van der Waals surface area contributed by atoms with E-state index in [0.29, 0.717) is 29.8 Å². The van der Waals surface area contributed by atoms with E-state index in [2.05, 4.69) is 15.4 Å². The quantitative estimate of drug-likeness (QED) is 0.789. The molecule has 2 N–H and O–H groups in total. The molecule has 2 aliphatic rings. The minimum absolute atomic E-state index is 0.216. The molecular formula is C16H20N4O4. The highest BCUT2D eigenvalue weighted by molar-refractivity contribution is 5.46. The lowest BCUT2D eigenvalue weighted by Crippen LogP contribution is -2.42. The van der Waals surface area contributed by atoms with E-state index in [0.717, 1.165) is 25.2 Å². The third kappa shape index (κ3) is 3.29. The van der Waals surface area contributed by atoms with E-state index in [-0.39, 0.29) is 13.4 Å². The zero-order valence-corrected chi connectivity index (χ0v) is 13.2. The molecule has 0 saturated heterocycles. The lowest BCUT2D eigenvalue weighted by molar-refractivity contribution is 0.101. The molecule has 0 amide bonds. The number of aliphatic hydroxyl groups excluding tert-OH is 1. The smallest absolute Gasteiger partial charge is 0.231 e. The first-order valence-corrected chi connectivity index (χ1v) is 8.08. The second-order valence-corrected chi connectivity index (χ2v) is 5.98. The van der Waals surface area contributed by atoms with Gasteiger partial charge >= 0.3 is 0 Å². The molecule has 128 valence electrons. The van der Waals surface area contributed by atoms with E-state index in [1.54, 1.807) is 24.5 Å². The molecule has 2 aliphatic heterocycles. The fourth-order valence-electron chi connectivity index (χ4n) is 2.92. The van der Waals surface area contributed by atoms with Crippen LogP contribution in [0.5, 0.6) is 17.2 Å². The second-order valence-electron chi connectivity index (χ2n) is 5.98. The topological polar surface area (TPSA) is 90.7 Å². The van der Waals surface area contributed by atoms with Crippen molar-refractivity contribution < 1.29 is 19.3 Å². The molecule has 0 aliphatic carbocycles. The largest absolute Gasteiger partial charge is 0.491 e. The molecule has 0 fully saturated rings. The lowest BCUT2D eigenvalue weighted by Gasteiger charge is -2.24. The number of rotatable bonds is 6. The summed E-state index contributed by atoms with van der Waals surface area (Å²) in [6.45, 7) is 1.71. The van der Waals surface area contributed by atoms with E-state index in [1.807, 2.05) is 4.68 Å². The normalized spacial score (nSPS) is 19.8. The van der Waals surface area contributed by atoms with E-state index < -0.39 is 6.10 Å². The van der Waals surface area contributed by atoms with Crippen molar-refractivity contribution in [2.75, 3.05) is 19.9 Å². The Labute approximate surface area is 139 Å². The number of aryl methyl sites for hydroxylation is 1. The van der Waals surface area contributed by atoms with Crippen LogP contribution in [-0.4, -0.2) is 52.0 Å². The van der Waals surface area contributed by atoms with Crippen LogP contribution in [0.2, 0.25) is 0 Å². The van der Waals surface area contributed by atoms with E-state index in [9.17, 15) is 5.11 Å². The molecule has 0 bridgehead atoms. The third-order valence-corrected chi connectivity index (χ3v) is 4.23. The Hall–Kier alpha value is -2.32. The van der Waals surface area contributed by atoms with Gasteiger partial charge in [0.05, 0.1) is 6.54 Å². The van der Waals surface area contributed by atoms with E-state index in [1.165, 1.54) is 0 Å². The van der Waals surface area contributed by atoms with Crippen molar-refractivity contribution in [3.63, 3.8) is 0 Å². The molecule has 0 radical (unpaired) electrons.